The van der Waals surface area contributed by atoms with Gasteiger partial charge in [-0.05, 0) is 44.6 Å². The zero-order valence-corrected chi connectivity index (χ0v) is 13.1. The number of benzene rings is 1. The maximum Gasteiger partial charge on any atom is 0.195 e. The highest BCUT2D eigenvalue weighted by Crippen LogP contribution is 2.24. The van der Waals surface area contributed by atoms with Gasteiger partial charge < -0.3 is 4.57 Å². The van der Waals surface area contributed by atoms with E-state index < -0.39 is 0 Å². The summed E-state index contributed by atoms with van der Waals surface area (Å²) in [6.45, 7) is 6.96. The average Bonchev–Trinajstić information content (AvgIpc) is 3.02. The van der Waals surface area contributed by atoms with E-state index >= 15 is 0 Å². The monoisotopic (exact) mass is 299 g/mol. The zero-order valence-electron chi connectivity index (χ0n) is 12.3. The number of aromatic nitrogens is 5. The summed E-state index contributed by atoms with van der Waals surface area (Å²) in [5.41, 5.74) is 4.31. The van der Waals surface area contributed by atoms with Gasteiger partial charge in [-0.25, -0.2) is 4.68 Å². The highest BCUT2D eigenvalue weighted by Gasteiger charge is 2.16. The van der Waals surface area contributed by atoms with Gasteiger partial charge in [-0.3, -0.25) is 5.10 Å². The van der Waals surface area contributed by atoms with Crippen LogP contribution in [0.2, 0.25) is 0 Å². The molecule has 0 saturated heterocycles. The Morgan fingerprint density at radius 3 is 2.71 bits per heavy atom. The molecule has 0 aliphatic rings. The van der Waals surface area contributed by atoms with Gasteiger partial charge in [-0.15, -0.1) is 0 Å². The Morgan fingerprint density at radius 1 is 1.24 bits per heavy atom. The van der Waals surface area contributed by atoms with Crippen LogP contribution in [0.1, 0.15) is 18.2 Å². The molecule has 0 radical (unpaired) electrons. The largest absolute Gasteiger partial charge is 0.300 e. The number of hydrogen-bond acceptors (Lipinski definition) is 3. The molecule has 0 aliphatic heterocycles. The third-order valence-corrected chi connectivity index (χ3v) is 3.98. The van der Waals surface area contributed by atoms with Gasteiger partial charge in [0.15, 0.2) is 10.6 Å². The van der Waals surface area contributed by atoms with E-state index in [1.165, 1.54) is 5.56 Å². The van der Waals surface area contributed by atoms with Crippen molar-refractivity contribution in [1.82, 2.24) is 24.5 Å². The molecule has 108 valence electrons. The van der Waals surface area contributed by atoms with Gasteiger partial charge in [0.1, 0.15) is 0 Å². The van der Waals surface area contributed by atoms with E-state index in [9.17, 15) is 0 Å². The molecule has 21 heavy (non-hydrogen) atoms. The van der Waals surface area contributed by atoms with Crippen LogP contribution in [0.15, 0.2) is 30.5 Å². The first kappa shape index (κ1) is 13.8. The van der Waals surface area contributed by atoms with E-state index in [2.05, 4.69) is 41.3 Å². The molecule has 0 bridgehead atoms. The topological polar surface area (TPSA) is 51.4 Å². The second-order valence-electron chi connectivity index (χ2n) is 4.94. The van der Waals surface area contributed by atoms with Crippen molar-refractivity contribution in [3.8, 4) is 17.1 Å². The summed E-state index contributed by atoms with van der Waals surface area (Å²) in [5, 5.41) is 11.7. The lowest BCUT2D eigenvalue weighted by molar-refractivity contribution is 0.755. The predicted molar refractivity (Wildman–Crippen MR) is 85.1 cm³/mol. The Bertz CT molecular complexity index is 840. The van der Waals surface area contributed by atoms with Crippen molar-refractivity contribution in [3.63, 3.8) is 0 Å². The second kappa shape index (κ2) is 5.29. The zero-order chi connectivity index (χ0) is 15.0. The van der Waals surface area contributed by atoms with Crippen LogP contribution >= 0.6 is 12.2 Å². The van der Waals surface area contributed by atoms with Gasteiger partial charge in [0, 0.05) is 6.54 Å². The summed E-state index contributed by atoms with van der Waals surface area (Å²) < 4.78 is 4.56. The fraction of sp³-hybridized carbons (Fsp3) is 0.267. The average molecular weight is 299 g/mol. The molecule has 0 fully saturated rings. The molecule has 2 aromatic heterocycles. The number of aryl methyl sites for hydroxylation is 1. The second-order valence-corrected chi connectivity index (χ2v) is 5.33. The minimum atomic E-state index is 0.635. The molecule has 1 aromatic carbocycles. The molecular formula is C15H17N5S. The van der Waals surface area contributed by atoms with Crippen LogP contribution in [-0.4, -0.2) is 24.5 Å². The van der Waals surface area contributed by atoms with Gasteiger partial charge in [-0.2, -0.15) is 10.2 Å². The summed E-state index contributed by atoms with van der Waals surface area (Å²) in [6, 6.07) is 8.19. The number of H-pyrrole nitrogens is 1. The van der Waals surface area contributed by atoms with Crippen LogP contribution in [-0.2, 0) is 6.54 Å². The maximum absolute atomic E-state index is 5.25. The van der Waals surface area contributed by atoms with Gasteiger partial charge in [0.2, 0.25) is 0 Å². The van der Waals surface area contributed by atoms with E-state index in [4.69, 9.17) is 12.2 Å². The molecule has 0 unspecified atom stereocenters. The molecule has 0 amide bonds. The molecule has 3 aromatic rings. The van der Waals surface area contributed by atoms with Gasteiger partial charge in [-0.1, -0.05) is 18.2 Å². The summed E-state index contributed by atoms with van der Waals surface area (Å²) >= 11 is 5.25. The SMILES string of the molecule is CCn1c(-c2cnn(-c3ccccc3C)c2C)n[nH]c1=S. The van der Waals surface area contributed by atoms with Crippen molar-refractivity contribution < 1.29 is 0 Å². The van der Waals surface area contributed by atoms with Crippen LogP contribution in [0.5, 0.6) is 0 Å². The normalized spacial score (nSPS) is 11.0. The Hall–Kier alpha value is -2.21. The highest BCUT2D eigenvalue weighted by atomic mass is 32.1. The lowest BCUT2D eigenvalue weighted by Crippen LogP contribution is -2.02. The van der Waals surface area contributed by atoms with E-state index in [1.807, 2.05) is 34.5 Å². The van der Waals surface area contributed by atoms with Gasteiger partial charge in [0.05, 0.1) is 23.1 Å². The number of para-hydroxylation sites is 1. The van der Waals surface area contributed by atoms with E-state index in [0.29, 0.717) is 4.77 Å². The van der Waals surface area contributed by atoms with Crippen LogP contribution in [0.3, 0.4) is 0 Å². The maximum atomic E-state index is 5.25. The molecule has 2 heterocycles. The number of nitrogens with one attached hydrogen (secondary N) is 1. The molecule has 0 aliphatic carbocycles. The first-order chi connectivity index (χ1) is 10.1. The van der Waals surface area contributed by atoms with E-state index in [0.717, 1.165) is 29.3 Å². The van der Waals surface area contributed by atoms with Crippen molar-refractivity contribution in [3.05, 3.63) is 46.5 Å². The predicted octanol–water partition coefficient (Wildman–Crippen LogP) is 3.43. The van der Waals surface area contributed by atoms with Crippen molar-refractivity contribution in [1.29, 1.82) is 0 Å². The molecule has 0 spiro atoms. The molecule has 0 saturated carbocycles. The third-order valence-electron chi connectivity index (χ3n) is 3.67. The first-order valence-corrected chi connectivity index (χ1v) is 7.30. The summed E-state index contributed by atoms with van der Waals surface area (Å²) in [5.74, 6) is 0.833. The van der Waals surface area contributed by atoms with Gasteiger partial charge in [0.25, 0.3) is 0 Å². The van der Waals surface area contributed by atoms with Crippen molar-refractivity contribution in [2.24, 2.45) is 0 Å². The summed E-state index contributed by atoms with van der Waals surface area (Å²) in [4.78, 5) is 0. The third kappa shape index (κ3) is 2.21. The number of hydrogen-bond donors (Lipinski definition) is 1. The Morgan fingerprint density at radius 2 is 2.00 bits per heavy atom. The number of aromatic amines is 1. The standard InChI is InChI=1S/C15H17N5S/c1-4-19-14(17-18-15(19)21)12-9-16-20(11(12)3)13-8-6-5-7-10(13)2/h5-9H,4H2,1-3H3,(H,18,21). The fourth-order valence-electron chi connectivity index (χ4n) is 2.49. The number of rotatable bonds is 3. The highest BCUT2D eigenvalue weighted by molar-refractivity contribution is 7.71. The molecular weight excluding hydrogens is 282 g/mol. The fourth-order valence-corrected chi connectivity index (χ4v) is 2.75. The minimum Gasteiger partial charge on any atom is -0.300 e. The minimum absolute atomic E-state index is 0.635. The number of nitrogens with zero attached hydrogens (tertiary/aromatic N) is 4. The molecule has 0 atom stereocenters. The molecule has 6 heteroatoms. The van der Waals surface area contributed by atoms with E-state index in [-0.39, 0.29) is 0 Å². The van der Waals surface area contributed by atoms with Crippen LogP contribution in [0.25, 0.3) is 17.1 Å². The van der Waals surface area contributed by atoms with Crippen LogP contribution < -0.4 is 0 Å². The van der Waals surface area contributed by atoms with Crippen molar-refractivity contribution in [2.45, 2.75) is 27.3 Å². The van der Waals surface area contributed by atoms with Gasteiger partial charge >= 0.3 is 0 Å². The van der Waals surface area contributed by atoms with Crippen LogP contribution in [0, 0.1) is 18.6 Å². The Kier molecular flexibility index (Phi) is 3.47. The first-order valence-electron chi connectivity index (χ1n) is 6.89. The van der Waals surface area contributed by atoms with Crippen LogP contribution in [0.4, 0.5) is 0 Å². The summed E-state index contributed by atoms with van der Waals surface area (Å²) in [7, 11) is 0. The molecule has 3 rings (SSSR count). The quantitative estimate of drug-likeness (QED) is 0.754. The molecule has 1 N–H and O–H groups in total. The molecule has 5 nitrogen and oxygen atoms in total. The smallest absolute Gasteiger partial charge is 0.195 e. The lowest BCUT2D eigenvalue weighted by Gasteiger charge is -2.08. The van der Waals surface area contributed by atoms with Crippen molar-refractivity contribution in [2.75, 3.05) is 0 Å². The lowest BCUT2D eigenvalue weighted by atomic mass is 10.2. The summed E-state index contributed by atoms with van der Waals surface area (Å²) in [6.07, 6.45) is 1.85. The van der Waals surface area contributed by atoms with E-state index in [1.54, 1.807) is 0 Å². The Balaban J connectivity index is 2.16. The van der Waals surface area contributed by atoms with Crippen molar-refractivity contribution >= 4 is 12.2 Å². The Labute approximate surface area is 128 Å².